The molecule has 0 amide bonds. The van der Waals surface area contributed by atoms with E-state index >= 15 is 0 Å². The summed E-state index contributed by atoms with van der Waals surface area (Å²) in [5.74, 6) is 0. The summed E-state index contributed by atoms with van der Waals surface area (Å²) in [6.45, 7) is 13.4. The molecule has 36 heavy (non-hydrogen) atoms. The molecule has 0 aliphatic carbocycles. The quantitative estimate of drug-likeness (QED) is 0.330. The molecule has 0 bridgehead atoms. The Bertz CT molecular complexity index is 1020. The van der Waals surface area contributed by atoms with Crippen LogP contribution in [0.2, 0.25) is 0 Å². The average molecular weight is 531 g/mol. The van der Waals surface area contributed by atoms with E-state index in [1.54, 1.807) is 0 Å². The molecule has 3 aliphatic heterocycles. The van der Waals surface area contributed by atoms with Gasteiger partial charge in [-0.05, 0) is 55.3 Å². The number of rotatable bonds is 0. The van der Waals surface area contributed by atoms with Crippen molar-refractivity contribution in [1.82, 2.24) is 16.3 Å². The summed E-state index contributed by atoms with van der Waals surface area (Å²) in [6.07, 6.45) is 3.50. The van der Waals surface area contributed by atoms with Gasteiger partial charge in [0.1, 0.15) is 0 Å². The minimum atomic E-state index is 1.05. The lowest BCUT2D eigenvalue weighted by Crippen LogP contribution is -2.39. The van der Waals surface area contributed by atoms with Crippen LogP contribution in [0.15, 0.2) is 41.8 Å². The van der Waals surface area contributed by atoms with Gasteiger partial charge in [-0.2, -0.15) is 0 Å². The Balaban J connectivity index is 0.000000178. The van der Waals surface area contributed by atoms with E-state index in [0.29, 0.717) is 0 Å². The molecule has 0 atom stereocenters. The zero-order chi connectivity index (χ0) is 26.5. The fourth-order valence-electron chi connectivity index (χ4n) is 4.17. The number of hydrogen-bond acceptors (Lipinski definition) is 8. The summed E-state index contributed by atoms with van der Waals surface area (Å²) in [6, 6.07) is 12.9. The van der Waals surface area contributed by atoms with Gasteiger partial charge in [-0.3, -0.25) is 0 Å². The smallest absolute Gasteiger partial charge is 0.0658 e. The molecule has 0 spiro atoms. The number of benzene rings is 1. The van der Waals surface area contributed by atoms with Crippen LogP contribution >= 0.6 is 22.7 Å². The van der Waals surface area contributed by atoms with E-state index in [1.165, 1.54) is 50.1 Å². The SMILES string of the molecule is CC.CC.CN1NCCc2ccccc21.CN1NCCc2sccc21.Cc1cc2c(s1)CCNN2C. The summed E-state index contributed by atoms with van der Waals surface area (Å²) < 4.78 is 0. The molecule has 0 radical (unpaired) electrons. The standard InChI is InChI=1S/C9H12N2.C8H12N2S.C7H10N2S.2C2H6/c1-11-9-5-3-2-4-8(9)6-7-10-11;1-6-5-7-8(11-6)3-4-9-10(7)2;1-9-6-3-5-10-7(6)2-4-8-9;2*1-2/h2-5,10H,6-7H2,1H3;5,9H,3-4H2,1-2H3;3,5,8H,2,4H2,1H3;2*1-2H3. The van der Waals surface area contributed by atoms with Crippen LogP contribution in [-0.2, 0) is 19.3 Å². The van der Waals surface area contributed by atoms with Gasteiger partial charge in [0.2, 0.25) is 0 Å². The first-order valence-corrected chi connectivity index (χ1v) is 14.9. The molecular formula is C28H46N6S2. The number of nitrogens with zero attached hydrogens (tertiary/aromatic N) is 3. The van der Waals surface area contributed by atoms with Crippen molar-refractivity contribution in [2.24, 2.45) is 0 Å². The number of para-hydroxylation sites is 1. The highest BCUT2D eigenvalue weighted by atomic mass is 32.1. The Hall–Kier alpha value is -2.10. The lowest BCUT2D eigenvalue weighted by atomic mass is 10.1. The fourth-order valence-corrected chi connectivity index (χ4v) is 6.14. The molecule has 0 unspecified atom stereocenters. The molecule has 200 valence electrons. The second-order valence-corrected chi connectivity index (χ2v) is 10.5. The van der Waals surface area contributed by atoms with Gasteiger partial charge in [0.15, 0.2) is 0 Å². The van der Waals surface area contributed by atoms with E-state index in [1.807, 2.05) is 50.4 Å². The van der Waals surface area contributed by atoms with Crippen molar-refractivity contribution in [2.75, 3.05) is 55.8 Å². The molecule has 6 rings (SSSR count). The van der Waals surface area contributed by atoms with Crippen molar-refractivity contribution in [3.8, 4) is 0 Å². The summed E-state index contributed by atoms with van der Waals surface area (Å²) in [5, 5.41) is 8.44. The van der Waals surface area contributed by atoms with Gasteiger partial charge in [0, 0.05) is 55.4 Å². The van der Waals surface area contributed by atoms with Gasteiger partial charge in [-0.1, -0.05) is 45.9 Å². The van der Waals surface area contributed by atoms with Crippen LogP contribution in [0.5, 0.6) is 0 Å². The Morgan fingerprint density at radius 1 is 0.667 bits per heavy atom. The minimum Gasteiger partial charge on any atom is -0.311 e. The monoisotopic (exact) mass is 530 g/mol. The van der Waals surface area contributed by atoms with Crippen LogP contribution in [0.1, 0.15) is 47.9 Å². The summed E-state index contributed by atoms with van der Waals surface area (Å²) in [7, 11) is 6.19. The van der Waals surface area contributed by atoms with Gasteiger partial charge in [-0.25, -0.2) is 16.3 Å². The molecule has 0 saturated carbocycles. The van der Waals surface area contributed by atoms with E-state index in [0.717, 1.165) is 26.1 Å². The van der Waals surface area contributed by atoms with E-state index in [-0.39, 0.29) is 0 Å². The van der Waals surface area contributed by atoms with Crippen molar-refractivity contribution in [1.29, 1.82) is 0 Å². The normalized spacial score (nSPS) is 15.2. The van der Waals surface area contributed by atoms with Crippen LogP contribution in [-0.4, -0.2) is 40.8 Å². The van der Waals surface area contributed by atoms with Gasteiger partial charge in [0.05, 0.1) is 17.1 Å². The van der Waals surface area contributed by atoms with Crippen LogP contribution in [0.3, 0.4) is 0 Å². The first kappa shape index (κ1) is 30.1. The fraction of sp³-hybridized carbons (Fsp3) is 0.500. The Labute approximate surface area is 227 Å². The van der Waals surface area contributed by atoms with Gasteiger partial charge in [0.25, 0.3) is 0 Å². The number of thiophene rings is 2. The lowest BCUT2D eigenvalue weighted by molar-refractivity contribution is 0.641. The summed E-state index contributed by atoms with van der Waals surface area (Å²) in [5.41, 5.74) is 15.3. The summed E-state index contributed by atoms with van der Waals surface area (Å²) in [4.78, 5) is 4.43. The highest BCUT2D eigenvalue weighted by molar-refractivity contribution is 7.12. The van der Waals surface area contributed by atoms with E-state index < -0.39 is 0 Å². The Kier molecular flexibility index (Phi) is 13.3. The van der Waals surface area contributed by atoms with Gasteiger partial charge >= 0.3 is 0 Å². The van der Waals surface area contributed by atoms with Crippen molar-refractivity contribution in [2.45, 2.75) is 53.9 Å². The second-order valence-electron chi connectivity index (χ2n) is 8.17. The highest BCUT2D eigenvalue weighted by Crippen LogP contribution is 2.30. The lowest BCUT2D eigenvalue weighted by Gasteiger charge is -2.27. The van der Waals surface area contributed by atoms with Crippen molar-refractivity contribution >= 4 is 39.7 Å². The van der Waals surface area contributed by atoms with E-state index in [4.69, 9.17) is 0 Å². The molecule has 3 aromatic rings. The topological polar surface area (TPSA) is 45.8 Å². The van der Waals surface area contributed by atoms with Crippen LogP contribution in [0.25, 0.3) is 0 Å². The predicted molar refractivity (Wildman–Crippen MR) is 163 cm³/mol. The second kappa shape index (κ2) is 15.9. The number of hydrogen-bond donors (Lipinski definition) is 3. The maximum absolute atomic E-state index is 3.29. The number of anilines is 3. The Morgan fingerprint density at radius 2 is 1.22 bits per heavy atom. The highest BCUT2D eigenvalue weighted by Gasteiger charge is 2.15. The van der Waals surface area contributed by atoms with Crippen molar-refractivity contribution in [3.05, 3.63) is 62.0 Å². The van der Waals surface area contributed by atoms with Crippen LogP contribution < -0.4 is 31.3 Å². The maximum atomic E-state index is 3.29. The number of fused-ring (bicyclic) bond motifs is 3. The number of hydrazine groups is 3. The van der Waals surface area contributed by atoms with Crippen LogP contribution in [0, 0.1) is 6.92 Å². The van der Waals surface area contributed by atoms with Crippen molar-refractivity contribution < 1.29 is 0 Å². The minimum absolute atomic E-state index is 1.05. The molecule has 8 heteroatoms. The van der Waals surface area contributed by atoms with E-state index in [2.05, 4.69) is 101 Å². The Morgan fingerprint density at radius 3 is 1.83 bits per heavy atom. The molecule has 0 saturated heterocycles. The van der Waals surface area contributed by atoms with Crippen LogP contribution in [0.4, 0.5) is 17.1 Å². The molecule has 0 fully saturated rings. The van der Waals surface area contributed by atoms with Crippen molar-refractivity contribution in [3.63, 3.8) is 0 Å². The molecule has 5 heterocycles. The summed E-state index contributed by atoms with van der Waals surface area (Å²) >= 11 is 3.76. The first-order chi connectivity index (χ1) is 17.5. The van der Waals surface area contributed by atoms with Gasteiger partial charge < -0.3 is 15.0 Å². The molecule has 3 aliphatic rings. The first-order valence-electron chi connectivity index (χ1n) is 13.2. The zero-order valence-corrected chi connectivity index (χ0v) is 25.1. The molecule has 1 aromatic carbocycles. The third kappa shape index (κ3) is 8.21. The number of nitrogens with one attached hydrogen (secondary N) is 3. The zero-order valence-electron chi connectivity index (χ0n) is 23.4. The predicted octanol–water partition coefficient (Wildman–Crippen LogP) is 6.03. The third-order valence-corrected chi connectivity index (χ3v) is 7.92. The molecule has 6 nitrogen and oxygen atoms in total. The molecule has 2 aromatic heterocycles. The molecule has 3 N–H and O–H groups in total. The van der Waals surface area contributed by atoms with E-state index in [9.17, 15) is 0 Å². The average Bonchev–Trinajstić information content (AvgIpc) is 3.55. The largest absolute Gasteiger partial charge is 0.311 e. The van der Waals surface area contributed by atoms with Gasteiger partial charge in [-0.15, -0.1) is 22.7 Å². The third-order valence-electron chi connectivity index (χ3n) is 5.85. The maximum Gasteiger partial charge on any atom is 0.0658 e. The molecular weight excluding hydrogens is 484 g/mol. The number of aryl methyl sites for hydroxylation is 1.